The van der Waals surface area contributed by atoms with E-state index < -0.39 is 5.60 Å². The monoisotopic (exact) mass is 290 g/mol. The zero-order valence-corrected chi connectivity index (χ0v) is 12.8. The highest BCUT2D eigenvalue weighted by atomic mass is 16.6. The van der Waals surface area contributed by atoms with Gasteiger partial charge in [0.25, 0.3) is 0 Å². The first-order valence-electron chi connectivity index (χ1n) is 7.41. The predicted octanol–water partition coefficient (Wildman–Crippen LogP) is 2.65. The molecule has 114 valence electrons. The number of amides is 1. The molecule has 0 aliphatic carbocycles. The van der Waals surface area contributed by atoms with Gasteiger partial charge in [-0.2, -0.15) is 0 Å². The normalized spacial score (nSPS) is 17.8. The Bertz CT molecular complexity index is 545. The van der Waals surface area contributed by atoms with E-state index in [1.165, 1.54) is 5.56 Å². The second-order valence-corrected chi connectivity index (χ2v) is 6.65. The quantitative estimate of drug-likeness (QED) is 0.909. The van der Waals surface area contributed by atoms with Gasteiger partial charge in [0.2, 0.25) is 0 Å². The molecule has 1 N–H and O–H groups in total. The number of ether oxygens (including phenoxy) is 2. The highest BCUT2D eigenvalue weighted by Gasteiger charge is 2.33. The highest BCUT2D eigenvalue weighted by molar-refractivity contribution is 5.69. The Morgan fingerprint density at radius 2 is 2.14 bits per heavy atom. The number of anilines is 1. The Kier molecular flexibility index (Phi) is 3.43. The highest BCUT2D eigenvalue weighted by Crippen LogP contribution is 2.28. The maximum absolute atomic E-state index is 11.9. The number of nitrogens with one attached hydrogen (secondary N) is 1. The van der Waals surface area contributed by atoms with Crippen molar-refractivity contribution in [2.75, 3.05) is 25.0 Å². The second-order valence-electron chi connectivity index (χ2n) is 6.65. The Labute approximate surface area is 125 Å². The van der Waals surface area contributed by atoms with Gasteiger partial charge in [0, 0.05) is 25.2 Å². The third-order valence-corrected chi connectivity index (χ3v) is 3.59. The minimum atomic E-state index is -0.435. The Morgan fingerprint density at radius 3 is 2.86 bits per heavy atom. The SMILES string of the molecule is CC(C)(C)OC(=O)N1CC(Nc2ccc3c(c2)CCO3)C1. The molecule has 1 fully saturated rings. The lowest BCUT2D eigenvalue weighted by molar-refractivity contribution is 0.0105. The number of hydrogen-bond acceptors (Lipinski definition) is 4. The average molecular weight is 290 g/mol. The summed E-state index contributed by atoms with van der Waals surface area (Å²) < 4.78 is 10.8. The van der Waals surface area contributed by atoms with Crippen molar-refractivity contribution in [2.45, 2.75) is 38.8 Å². The van der Waals surface area contributed by atoms with Crippen molar-refractivity contribution in [3.63, 3.8) is 0 Å². The molecule has 0 radical (unpaired) electrons. The number of nitrogens with zero attached hydrogens (tertiary/aromatic N) is 1. The third-order valence-electron chi connectivity index (χ3n) is 3.59. The maximum atomic E-state index is 11.9. The number of carbonyl (C=O) groups excluding carboxylic acids is 1. The molecule has 3 rings (SSSR count). The molecule has 0 bridgehead atoms. The average Bonchev–Trinajstić information content (AvgIpc) is 2.77. The molecule has 0 aromatic heterocycles. The molecule has 5 nitrogen and oxygen atoms in total. The number of fused-ring (bicyclic) bond motifs is 1. The molecule has 0 spiro atoms. The van der Waals surface area contributed by atoms with E-state index in [1.54, 1.807) is 4.90 Å². The van der Waals surface area contributed by atoms with Crippen LogP contribution in [0.25, 0.3) is 0 Å². The number of rotatable bonds is 2. The van der Waals surface area contributed by atoms with E-state index in [9.17, 15) is 4.79 Å². The molecule has 21 heavy (non-hydrogen) atoms. The Hall–Kier alpha value is -1.91. The molecule has 0 unspecified atom stereocenters. The third kappa shape index (κ3) is 3.23. The lowest BCUT2D eigenvalue weighted by Gasteiger charge is -2.40. The van der Waals surface area contributed by atoms with Crippen LogP contribution in [0.3, 0.4) is 0 Å². The smallest absolute Gasteiger partial charge is 0.410 e. The van der Waals surface area contributed by atoms with E-state index in [1.807, 2.05) is 32.9 Å². The molecule has 2 aliphatic rings. The molecule has 1 amide bonds. The van der Waals surface area contributed by atoms with Gasteiger partial charge in [-0.3, -0.25) is 0 Å². The van der Waals surface area contributed by atoms with Gasteiger partial charge in [0.15, 0.2) is 0 Å². The first-order chi connectivity index (χ1) is 9.90. The largest absolute Gasteiger partial charge is 0.493 e. The first kappa shape index (κ1) is 14.0. The summed E-state index contributed by atoms with van der Waals surface area (Å²) in [5.74, 6) is 0.990. The van der Waals surface area contributed by atoms with Crippen LogP contribution in [0.2, 0.25) is 0 Å². The van der Waals surface area contributed by atoms with Gasteiger partial charge >= 0.3 is 6.09 Å². The minimum absolute atomic E-state index is 0.233. The summed E-state index contributed by atoms with van der Waals surface area (Å²) >= 11 is 0. The van der Waals surface area contributed by atoms with Crippen LogP contribution < -0.4 is 10.1 Å². The molecular formula is C16H22N2O3. The zero-order valence-electron chi connectivity index (χ0n) is 12.8. The van der Waals surface area contributed by atoms with Gasteiger partial charge in [0.1, 0.15) is 11.4 Å². The molecule has 2 aliphatic heterocycles. The summed E-state index contributed by atoms with van der Waals surface area (Å²) in [6.45, 7) is 7.78. The van der Waals surface area contributed by atoms with Crippen LogP contribution in [-0.4, -0.2) is 42.3 Å². The van der Waals surface area contributed by atoms with Crippen LogP contribution in [0.1, 0.15) is 26.3 Å². The van der Waals surface area contributed by atoms with Crippen molar-refractivity contribution in [1.29, 1.82) is 0 Å². The van der Waals surface area contributed by atoms with Crippen molar-refractivity contribution in [1.82, 2.24) is 4.90 Å². The fourth-order valence-corrected chi connectivity index (χ4v) is 2.56. The zero-order chi connectivity index (χ0) is 15.0. The fraction of sp³-hybridized carbons (Fsp3) is 0.562. The molecular weight excluding hydrogens is 268 g/mol. The summed E-state index contributed by atoms with van der Waals surface area (Å²) in [5, 5.41) is 3.45. The minimum Gasteiger partial charge on any atom is -0.493 e. The second kappa shape index (κ2) is 5.13. The van der Waals surface area contributed by atoms with E-state index in [2.05, 4.69) is 11.4 Å². The molecule has 0 atom stereocenters. The van der Waals surface area contributed by atoms with Gasteiger partial charge in [-0.25, -0.2) is 4.79 Å². The topological polar surface area (TPSA) is 50.8 Å². The van der Waals surface area contributed by atoms with Crippen molar-refractivity contribution in [3.8, 4) is 5.75 Å². The molecule has 5 heteroatoms. The van der Waals surface area contributed by atoms with Crippen molar-refractivity contribution in [2.24, 2.45) is 0 Å². The van der Waals surface area contributed by atoms with E-state index in [0.29, 0.717) is 13.1 Å². The van der Waals surface area contributed by atoms with E-state index in [-0.39, 0.29) is 12.1 Å². The van der Waals surface area contributed by atoms with Crippen molar-refractivity contribution in [3.05, 3.63) is 23.8 Å². The first-order valence-corrected chi connectivity index (χ1v) is 7.41. The van der Waals surface area contributed by atoms with Crippen LogP contribution in [0.5, 0.6) is 5.75 Å². The van der Waals surface area contributed by atoms with E-state index in [4.69, 9.17) is 9.47 Å². The van der Waals surface area contributed by atoms with Crippen molar-refractivity contribution >= 4 is 11.8 Å². The summed E-state index contributed by atoms with van der Waals surface area (Å²) in [6, 6.07) is 6.46. The molecule has 1 saturated heterocycles. The van der Waals surface area contributed by atoms with Gasteiger partial charge in [-0.05, 0) is 44.5 Å². The molecule has 1 aromatic rings. The number of carbonyl (C=O) groups is 1. The molecule has 2 heterocycles. The molecule has 0 saturated carbocycles. The van der Waals surface area contributed by atoms with Gasteiger partial charge in [-0.1, -0.05) is 0 Å². The lowest BCUT2D eigenvalue weighted by Crippen LogP contribution is -2.57. The van der Waals surface area contributed by atoms with E-state index >= 15 is 0 Å². The summed E-state index contributed by atoms with van der Waals surface area (Å²) in [7, 11) is 0. The Balaban J connectivity index is 1.50. The standard InChI is InChI=1S/C16H22N2O3/c1-16(2,3)21-15(19)18-9-13(10-18)17-12-4-5-14-11(8-12)6-7-20-14/h4-5,8,13,17H,6-7,9-10H2,1-3H3. The van der Waals surface area contributed by atoms with Crippen LogP contribution in [0, 0.1) is 0 Å². The number of hydrogen-bond donors (Lipinski definition) is 1. The summed E-state index contributed by atoms with van der Waals surface area (Å²) in [4.78, 5) is 13.6. The lowest BCUT2D eigenvalue weighted by atomic mass is 10.1. The summed E-state index contributed by atoms with van der Waals surface area (Å²) in [6.07, 6.45) is 0.738. The van der Waals surface area contributed by atoms with Crippen LogP contribution in [-0.2, 0) is 11.2 Å². The summed E-state index contributed by atoms with van der Waals surface area (Å²) in [5.41, 5.74) is 1.91. The van der Waals surface area contributed by atoms with Gasteiger partial charge in [0.05, 0.1) is 12.6 Å². The van der Waals surface area contributed by atoms with E-state index in [0.717, 1.165) is 24.5 Å². The number of likely N-dealkylation sites (tertiary alicyclic amines) is 1. The van der Waals surface area contributed by atoms with Crippen LogP contribution >= 0.6 is 0 Å². The predicted molar refractivity (Wildman–Crippen MR) is 80.9 cm³/mol. The van der Waals surface area contributed by atoms with Gasteiger partial charge < -0.3 is 19.7 Å². The van der Waals surface area contributed by atoms with Crippen molar-refractivity contribution < 1.29 is 14.3 Å². The van der Waals surface area contributed by atoms with Gasteiger partial charge in [-0.15, -0.1) is 0 Å². The maximum Gasteiger partial charge on any atom is 0.410 e. The molecule has 1 aromatic carbocycles. The number of benzene rings is 1. The Morgan fingerprint density at radius 1 is 1.38 bits per heavy atom. The fourth-order valence-electron chi connectivity index (χ4n) is 2.56. The van der Waals surface area contributed by atoms with Crippen LogP contribution in [0.4, 0.5) is 10.5 Å². The van der Waals surface area contributed by atoms with Crippen LogP contribution in [0.15, 0.2) is 18.2 Å².